The second-order valence-electron chi connectivity index (χ2n) is 6.32. The van der Waals surface area contributed by atoms with Crippen molar-refractivity contribution in [3.05, 3.63) is 35.9 Å². The Hall–Kier alpha value is -2.08. The smallest absolute Gasteiger partial charge is 0.222 e. The molecule has 1 atom stereocenters. The van der Waals surface area contributed by atoms with Crippen LogP contribution in [0.15, 0.2) is 35.3 Å². The van der Waals surface area contributed by atoms with E-state index in [4.69, 9.17) is 0 Å². The van der Waals surface area contributed by atoms with Crippen molar-refractivity contribution >= 4 is 11.9 Å². The summed E-state index contributed by atoms with van der Waals surface area (Å²) in [5, 5.41) is 9.52. The molecule has 1 aromatic rings. The lowest BCUT2D eigenvalue weighted by Crippen LogP contribution is -2.45. The van der Waals surface area contributed by atoms with Gasteiger partial charge in [0, 0.05) is 39.1 Å². The van der Waals surface area contributed by atoms with Gasteiger partial charge in [-0.25, -0.2) is 0 Å². The molecule has 0 bridgehead atoms. The molecule has 1 saturated heterocycles. The summed E-state index contributed by atoms with van der Waals surface area (Å²) >= 11 is 0. The van der Waals surface area contributed by atoms with Crippen molar-refractivity contribution < 1.29 is 4.79 Å². The molecule has 1 aliphatic rings. The molecule has 25 heavy (non-hydrogen) atoms. The van der Waals surface area contributed by atoms with E-state index in [0.717, 1.165) is 24.6 Å². The normalized spacial score (nSPS) is 18.2. The average molecular weight is 345 g/mol. The Labute approximate surface area is 151 Å². The number of likely N-dealkylation sites (tertiary alicyclic amines) is 1. The van der Waals surface area contributed by atoms with Crippen LogP contribution >= 0.6 is 0 Å². The van der Waals surface area contributed by atoms with Crippen LogP contribution in [-0.2, 0) is 11.3 Å². The Morgan fingerprint density at radius 1 is 1.24 bits per heavy atom. The van der Waals surface area contributed by atoms with Crippen molar-refractivity contribution in [2.75, 3.05) is 33.2 Å². The Kier molecular flexibility index (Phi) is 8.25. The number of hydrogen-bond acceptors (Lipinski definition) is 3. The first kappa shape index (κ1) is 19.2. The number of carbonyl (C=O) groups is 1. The largest absolute Gasteiger partial charge is 0.356 e. The third-order valence-electron chi connectivity index (χ3n) is 4.61. The number of amides is 1. The van der Waals surface area contributed by atoms with E-state index in [9.17, 15) is 4.79 Å². The fraction of sp³-hybridized carbons (Fsp3) is 0.579. The number of hydrogen-bond donors (Lipinski definition) is 3. The van der Waals surface area contributed by atoms with Gasteiger partial charge in [-0.2, -0.15) is 0 Å². The van der Waals surface area contributed by atoms with E-state index in [1.165, 1.54) is 19.4 Å². The van der Waals surface area contributed by atoms with Gasteiger partial charge in [-0.15, -0.1) is 0 Å². The lowest BCUT2D eigenvalue weighted by Gasteiger charge is -2.23. The molecular weight excluding hydrogens is 314 g/mol. The highest BCUT2D eigenvalue weighted by molar-refractivity contribution is 5.81. The molecule has 6 heteroatoms. The van der Waals surface area contributed by atoms with Gasteiger partial charge in [0.25, 0.3) is 0 Å². The lowest BCUT2D eigenvalue weighted by atomic mass is 10.2. The summed E-state index contributed by atoms with van der Waals surface area (Å²) in [6.07, 6.45) is 2.94. The molecule has 138 valence electrons. The number of carbonyl (C=O) groups excluding carboxylic acids is 1. The quantitative estimate of drug-likeness (QED) is 0.491. The van der Waals surface area contributed by atoms with Crippen molar-refractivity contribution in [3.63, 3.8) is 0 Å². The highest BCUT2D eigenvalue weighted by atomic mass is 16.1. The van der Waals surface area contributed by atoms with Crippen LogP contribution in [0.2, 0.25) is 0 Å². The third kappa shape index (κ3) is 6.74. The first-order valence-electron chi connectivity index (χ1n) is 9.22. The predicted molar refractivity (Wildman–Crippen MR) is 103 cm³/mol. The van der Waals surface area contributed by atoms with Gasteiger partial charge in [-0.1, -0.05) is 37.3 Å². The second-order valence-corrected chi connectivity index (χ2v) is 6.32. The van der Waals surface area contributed by atoms with Gasteiger partial charge >= 0.3 is 0 Å². The topological polar surface area (TPSA) is 68.8 Å². The van der Waals surface area contributed by atoms with Crippen LogP contribution in [0.3, 0.4) is 0 Å². The number of nitrogens with one attached hydrogen (secondary N) is 3. The summed E-state index contributed by atoms with van der Waals surface area (Å²) in [7, 11) is 1.76. The first-order valence-corrected chi connectivity index (χ1v) is 9.22. The Bertz CT molecular complexity index is 546. The zero-order valence-electron chi connectivity index (χ0n) is 15.4. The molecule has 0 saturated carbocycles. The van der Waals surface area contributed by atoms with Crippen LogP contribution in [0, 0.1) is 0 Å². The van der Waals surface area contributed by atoms with E-state index in [1.807, 2.05) is 30.3 Å². The molecule has 1 heterocycles. The van der Waals surface area contributed by atoms with Gasteiger partial charge in [0.1, 0.15) is 0 Å². The van der Waals surface area contributed by atoms with E-state index >= 15 is 0 Å². The fourth-order valence-corrected chi connectivity index (χ4v) is 3.16. The van der Waals surface area contributed by atoms with Crippen LogP contribution in [0.5, 0.6) is 0 Å². The number of nitrogens with zero attached hydrogens (tertiary/aromatic N) is 2. The second kappa shape index (κ2) is 10.7. The molecule has 2 rings (SSSR count). The van der Waals surface area contributed by atoms with Crippen LogP contribution in [-0.4, -0.2) is 56.0 Å². The number of aliphatic imine (C=N–C) groups is 1. The number of benzene rings is 1. The van der Waals surface area contributed by atoms with Gasteiger partial charge in [-0.3, -0.25) is 14.7 Å². The summed E-state index contributed by atoms with van der Waals surface area (Å²) in [5.41, 5.74) is 1.11. The monoisotopic (exact) mass is 345 g/mol. The van der Waals surface area contributed by atoms with Crippen LogP contribution in [0.1, 0.15) is 31.7 Å². The third-order valence-corrected chi connectivity index (χ3v) is 4.61. The minimum absolute atomic E-state index is 0.0414. The van der Waals surface area contributed by atoms with Gasteiger partial charge in [0.2, 0.25) is 5.91 Å². The van der Waals surface area contributed by atoms with E-state index in [0.29, 0.717) is 25.6 Å². The number of likely N-dealkylation sites (N-methyl/N-ethyl adjacent to an activating group) is 1. The molecule has 1 fully saturated rings. The molecule has 1 unspecified atom stereocenters. The standard InChI is InChI=1S/C19H31N5O/c1-3-24-13-7-10-17(24)15-23-19(20-2)21-12-11-18(25)22-14-16-8-5-4-6-9-16/h4-6,8-9,17H,3,7,10-15H2,1-2H3,(H,22,25)(H2,20,21,23). The molecule has 3 N–H and O–H groups in total. The SMILES string of the molecule is CCN1CCCC1CNC(=NC)NCCC(=O)NCc1ccccc1. The summed E-state index contributed by atoms with van der Waals surface area (Å²) in [6, 6.07) is 10.5. The number of guanidine groups is 1. The van der Waals surface area contributed by atoms with E-state index in [1.54, 1.807) is 7.05 Å². The van der Waals surface area contributed by atoms with Gasteiger partial charge in [-0.05, 0) is 31.5 Å². The van der Waals surface area contributed by atoms with Gasteiger partial charge in [0.15, 0.2) is 5.96 Å². The van der Waals surface area contributed by atoms with E-state index in [2.05, 4.69) is 32.8 Å². The zero-order valence-corrected chi connectivity index (χ0v) is 15.4. The fourth-order valence-electron chi connectivity index (χ4n) is 3.16. The van der Waals surface area contributed by atoms with Crippen molar-refractivity contribution in [1.82, 2.24) is 20.9 Å². The maximum absolute atomic E-state index is 11.9. The van der Waals surface area contributed by atoms with Gasteiger partial charge < -0.3 is 16.0 Å². The van der Waals surface area contributed by atoms with Gasteiger partial charge in [0.05, 0.1) is 0 Å². The molecule has 0 radical (unpaired) electrons. The van der Waals surface area contributed by atoms with Crippen molar-refractivity contribution in [1.29, 1.82) is 0 Å². The molecule has 6 nitrogen and oxygen atoms in total. The molecular formula is C19H31N5O. The summed E-state index contributed by atoms with van der Waals surface area (Å²) in [5.74, 6) is 0.804. The lowest BCUT2D eigenvalue weighted by molar-refractivity contribution is -0.121. The highest BCUT2D eigenvalue weighted by Crippen LogP contribution is 2.15. The molecule has 1 aromatic carbocycles. The van der Waals surface area contributed by atoms with Crippen molar-refractivity contribution in [3.8, 4) is 0 Å². The molecule has 0 aliphatic carbocycles. The molecule has 1 aliphatic heterocycles. The van der Waals surface area contributed by atoms with E-state index in [-0.39, 0.29) is 5.91 Å². The van der Waals surface area contributed by atoms with Crippen LogP contribution in [0.25, 0.3) is 0 Å². The van der Waals surface area contributed by atoms with E-state index < -0.39 is 0 Å². The summed E-state index contributed by atoms with van der Waals surface area (Å²) in [6.45, 7) is 6.53. The first-order chi connectivity index (χ1) is 12.2. The minimum atomic E-state index is 0.0414. The maximum atomic E-state index is 11.9. The van der Waals surface area contributed by atoms with Crippen molar-refractivity contribution in [2.24, 2.45) is 4.99 Å². The van der Waals surface area contributed by atoms with Crippen LogP contribution < -0.4 is 16.0 Å². The minimum Gasteiger partial charge on any atom is -0.356 e. The van der Waals surface area contributed by atoms with Crippen molar-refractivity contribution in [2.45, 2.75) is 38.8 Å². The maximum Gasteiger partial charge on any atom is 0.222 e. The Morgan fingerprint density at radius 2 is 2.04 bits per heavy atom. The summed E-state index contributed by atoms with van der Waals surface area (Å²) < 4.78 is 0. The predicted octanol–water partition coefficient (Wildman–Crippen LogP) is 1.34. The molecule has 0 aromatic heterocycles. The average Bonchev–Trinajstić information content (AvgIpc) is 3.11. The van der Waals surface area contributed by atoms with Crippen LogP contribution in [0.4, 0.5) is 0 Å². The highest BCUT2D eigenvalue weighted by Gasteiger charge is 2.22. The number of rotatable bonds is 8. The zero-order chi connectivity index (χ0) is 17.9. The molecule has 1 amide bonds. The Morgan fingerprint density at radius 3 is 2.76 bits per heavy atom. The summed E-state index contributed by atoms with van der Waals surface area (Å²) in [4.78, 5) is 18.6. The Balaban J connectivity index is 1.61. The molecule has 0 spiro atoms.